The quantitative estimate of drug-likeness (QED) is 0.396. The minimum atomic E-state index is -1.76. The highest BCUT2D eigenvalue weighted by Crippen LogP contribution is 2.51. The fourth-order valence-corrected chi connectivity index (χ4v) is 5.24. The molecule has 3 aromatic heterocycles. The van der Waals surface area contributed by atoms with Crippen LogP contribution in [0, 0.1) is 12.7 Å². The molecule has 3 N–H and O–H groups in total. The first-order valence-corrected chi connectivity index (χ1v) is 11.2. The van der Waals surface area contributed by atoms with Crippen LogP contribution in [0.2, 0.25) is 0 Å². The third kappa shape index (κ3) is 3.30. The zero-order valence-electron chi connectivity index (χ0n) is 19.5. The van der Waals surface area contributed by atoms with Crippen molar-refractivity contribution < 1.29 is 24.1 Å². The van der Waals surface area contributed by atoms with Gasteiger partial charge in [0, 0.05) is 34.9 Å². The van der Waals surface area contributed by atoms with Gasteiger partial charge >= 0.3 is 5.97 Å². The number of carbonyl (C=O) groups is 1. The average molecular weight is 467 g/mol. The lowest BCUT2D eigenvalue weighted by Crippen LogP contribution is -2.49. The van der Waals surface area contributed by atoms with Crippen LogP contribution < -0.4 is 0 Å². The summed E-state index contributed by atoms with van der Waals surface area (Å²) < 4.78 is 21.8. The van der Waals surface area contributed by atoms with Gasteiger partial charge < -0.3 is 19.5 Å². The van der Waals surface area contributed by atoms with Crippen LogP contribution in [0.5, 0.6) is 0 Å². The molecule has 0 amide bonds. The van der Waals surface area contributed by atoms with Gasteiger partial charge in [0.2, 0.25) is 0 Å². The molecule has 0 atom stereocenters. The predicted molar refractivity (Wildman–Crippen MR) is 125 cm³/mol. The van der Waals surface area contributed by atoms with E-state index in [-0.39, 0.29) is 24.6 Å². The lowest BCUT2D eigenvalue weighted by atomic mass is 9.66. The number of aromatic nitrogens is 4. The number of ether oxygens (including phenoxy) is 1. The standard InChI is InChI=1S/C25H27FN4O4/c1-13-7-16(5-6-17(13)26)30-18-8-14-11-27-29-22(14)28-20(18)19(21(30)24(2,3)12-34-4)15-9-25(33,10-15)23(31)32/h5-8,11,15,33H,9-10,12H2,1-4H3,(H,31,32)(H,27,28,29)/t15-,25+. The minimum Gasteiger partial charge on any atom is -0.479 e. The number of pyridine rings is 1. The molecule has 8 nitrogen and oxygen atoms in total. The topological polar surface area (TPSA) is 113 Å². The highest BCUT2D eigenvalue weighted by molar-refractivity contribution is 5.94. The molecule has 0 unspecified atom stereocenters. The molecule has 178 valence electrons. The van der Waals surface area contributed by atoms with Gasteiger partial charge in [0.25, 0.3) is 0 Å². The first-order chi connectivity index (χ1) is 16.1. The number of hydrogen-bond acceptors (Lipinski definition) is 5. The number of hydrogen-bond donors (Lipinski definition) is 3. The molecular weight excluding hydrogens is 439 g/mol. The number of H-pyrrole nitrogens is 1. The number of rotatable bonds is 6. The molecule has 4 aromatic rings. The molecule has 3 heterocycles. The van der Waals surface area contributed by atoms with Crippen LogP contribution in [0.3, 0.4) is 0 Å². The van der Waals surface area contributed by atoms with E-state index in [1.54, 1.807) is 32.4 Å². The van der Waals surface area contributed by atoms with Gasteiger partial charge in [-0.2, -0.15) is 5.10 Å². The van der Waals surface area contributed by atoms with E-state index in [1.807, 2.05) is 6.07 Å². The number of nitrogens with one attached hydrogen (secondary N) is 1. The first kappa shape index (κ1) is 22.5. The highest BCUT2D eigenvalue weighted by Gasteiger charge is 2.52. The molecule has 0 radical (unpaired) electrons. The molecule has 9 heteroatoms. The van der Waals surface area contributed by atoms with Gasteiger partial charge in [-0.1, -0.05) is 13.8 Å². The summed E-state index contributed by atoms with van der Waals surface area (Å²) in [6.45, 7) is 6.22. The maximum absolute atomic E-state index is 14.2. The van der Waals surface area contributed by atoms with Gasteiger partial charge in [0.1, 0.15) is 5.82 Å². The maximum atomic E-state index is 14.2. The number of methoxy groups -OCH3 is 1. The van der Waals surface area contributed by atoms with E-state index in [0.717, 1.165) is 27.8 Å². The average Bonchev–Trinajstić information content (AvgIpc) is 3.33. The van der Waals surface area contributed by atoms with Crippen LogP contribution in [-0.4, -0.2) is 55.2 Å². The highest BCUT2D eigenvalue weighted by atomic mass is 19.1. The molecule has 0 aliphatic heterocycles. The molecule has 1 fully saturated rings. The summed E-state index contributed by atoms with van der Waals surface area (Å²) in [5.74, 6) is -1.73. The van der Waals surface area contributed by atoms with Crippen molar-refractivity contribution in [1.29, 1.82) is 0 Å². The Morgan fingerprint density at radius 3 is 2.74 bits per heavy atom. The number of aliphatic carboxylic acids is 1. The monoisotopic (exact) mass is 466 g/mol. The van der Waals surface area contributed by atoms with Crippen molar-refractivity contribution in [2.75, 3.05) is 13.7 Å². The number of benzene rings is 1. The number of carboxylic acid groups (broad SMARTS) is 1. The second-order valence-electron chi connectivity index (χ2n) is 9.95. The van der Waals surface area contributed by atoms with E-state index in [4.69, 9.17) is 9.72 Å². The summed E-state index contributed by atoms with van der Waals surface area (Å²) >= 11 is 0. The summed E-state index contributed by atoms with van der Waals surface area (Å²) in [4.78, 5) is 16.5. The van der Waals surface area contributed by atoms with Crippen molar-refractivity contribution >= 4 is 28.0 Å². The second kappa shape index (κ2) is 7.61. The molecule has 0 bridgehead atoms. The molecule has 1 saturated carbocycles. The molecule has 5 rings (SSSR count). The Morgan fingerprint density at radius 2 is 2.09 bits per heavy atom. The summed E-state index contributed by atoms with van der Waals surface area (Å²) in [6, 6.07) is 6.95. The smallest absolute Gasteiger partial charge is 0.335 e. The van der Waals surface area contributed by atoms with Gasteiger partial charge in [-0.05, 0) is 55.5 Å². The maximum Gasteiger partial charge on any atom is 0.335 e. The van der Waals surface area contributed by atoms with Crippen molar-refractivity contribution in [3.05, 3.63) is 53.1 Å². The van der Waals surface area contributed by atoms with E-state index < -0.39 is 17.0 Å². The van der Waals surface area contributed by atoms with E-state index >= 15 is 0 Å². The second-order valence-corrected chi connectivity index (χ2v) is 9.95. The molecule has 1 aliphatic rings. The molecule has 1 aromatic carbocycles. The zero-order chi connectivity index (χ0) is 24.4. The zero-order valence-corrected chi connectivity index (χ0v) is 19.5. The fourth-order valence-electron chi connectivity index (χ4n) is 5.24. The summed E-state index contributed by atoms with van der Waals surface area (Å²) in [5, 5.41) is 27.8. The van der Waals surface area contributed by atoms with Crippen molar-refractivity contribution in [2.45, 2.75) is 50.5 Å². The Morgan fingerprint density at radius 1 is 1.35 bits per heavy atom. The SMILES string of the molecule is COCC(C)(C)c1c([C@H]2C[C@](O)(C(=O)O)C2)c2nc3[nH]ncc3cc2n1-c1ccc(F)c(C)c1. The predicted octanol–water partition coefficient (Wildman–Crippen LogP) is 3.97. The number of halogens is 1. The lowest BCUT2D eigenvalue weighted by Gasteiger charge is -2.41. The Balaban J connectivity index is 1.86. The molecule has 0 saturated heterocycles. The van der Waals surface area contributed by atoms with Crippen LogP contribution in [0.15, 0.2) is 30.5 Å². The van der Waals surface area contributed by atoms with Gasteiger partial charge in [-0.3, -0.25) is 5.10 Å². The van der Waals surface area contributed by atoms with Crippen molar-refractivity contribution in [1.82, 2.24) is 19.7 Å². The number of aliphatic hydroxyl groups is 1. The van der Waals surface area contributed by atoms with Crippen LogP contribution in [0.1, 0.15) is 49.4 Å². The largest absolute Gasteiger partial charge is 0.479 e. The number of fused-ring (bicyclic) bond motifs is 2. The molecule has 0 spiro atoms. The van der Waals surface area contributed by atoms with E-state index in [1.165, 1.54) is 6.07 Å². The summed E-state index contributed by atoms with van der Waals surface area (Å²) in [7, 11) is 1.64. The van der Waals surface area contributed by atoms with Crippen LogP contribution in [0.25, 0.3) is 27.8 Å². The number of aromatic amines is 1. The van der Waals surface area contributed by atoms with Crippen molar-refractivity contribution in [3.8, 4) is 5.69 Å². The Kier molecular flexibility index (Phi) is 5.03. The Bertz CT molecular complexity index is 1430. The van der Waals surface area contributed by atoms with E-state index in [2.05, 4.69) is 28.6 Å². The van der Waals surface area contributed by atoms with Gasteiger partial charge in [-0.25, -0.2) is 14.2 Å². The fraction of sp³-hybridized carbons (Fsp3) is 0.400. The van der Waals surface area contributed by atoms with Crippen LogP contribution in [-0.2, 0) is 14.9 Å². The summed E-state index contributed by atoms with van der Waals surface area (Å²) in [6.07, 6.45) is 1.87. The van der Waals surface area contributed by atoms with E-state index in [0.29, 0.717) is 23.3 Å². The van der Waals surface area contributed by atoms with E-state index in [9.17, 15) is 19.4 Å². The lowest BCUT2D eigenvalue weighted by molar-refractivity contribution is -0.169. The minimum absolute atomic E-state index is 0.0860. The normalized spacial score (nSPS) is 20.7. The number of aryl methyl sites for hydroxylation is 1. The molecule has 1 aliphatic carbocycles. The Hall–Kier alpha value is -3.30. The third-order valence-corrected chi connectivity index (χ3v) is 6.90. The molecular formula is C25H27FN4O4. The van der Waals surface area contributed by atoms with Crippen LogP contribution in [0.4, 0.5) is 4.39 Å². The molecule has 34 heavy (non-hydrogen) atoms. The van der Waals surface area contributed by atoms with Gasteiger partial charge in [0.05, 0.1) is 23.8 Å². The van der Waals surface area contributed by atoms with Gasteiger partial charge in [-0.15, -0.1) is 0 Å². The number of nitrogens with zero attached hydrogens (tertiary/aromatic N) is 3. The first-order valence-electron chi connectivity index (χ1n) is 11.2. The Labute approximate surface area is 195 Å². The van der Waals surface area contributed by atoms with Gasteiger partial charge in [0.15, 0.2) is 11.2 Å². The van der Waals surface area contributed by atoms with Crippen molar-refractivity contribution in [2.24, 2.45) is 0 Å². The third-order valence-electron chi connectivity index (χ3n) is 6.90. The van der Waals surface area contributed by atoms with Crippen LogP contribution >= 0.6 is 0 Å². The summed E-state index contributed by atoms with van der Waals surface area (Å²) in [5.41, 5.74) is 2.93. The van der Waals surface area contributed by atoms with Crippen molar-refractivity contribution in [3.63, 3.8) is 0 Å². The number of carboxylic acids is 1.